The first kappa shape index (κ1) is 24.7. The first-order chi connectivity index (χ1) is 22.1. The van der Waals surface area contributed by atoms with Crippen LogP contribution in [0.5, 0.6) is 0 Å². The lowest BCUT2D eigenvalue weighted by molar-refractivity contribution is 0.621. The van der Waals surface area contributed by atoms with Gasteiger partial charge >= 0.3 is 0 Å². The number of furan rings is 1. The molecule has 45 heavy (non-hydrogen) atoms. The fourth-order valence-electron chi connectivity index (χ4n) is 7.86. The smallest absolute Gasteiger partial charge is 0.235 e. The predicted octanol–water partition coefficient (Wildman–Crippen LogP) is 10.6. The van der Waals surface area contributed by atoms with Crippen LogP contribution in [0.4, 0.5) is 0 Å². The highest BCUT2D eigenvalue weighted by Crippen LogP contribution is 2.56. The Labute approximate surface area is 259 Å². The highest BCUT2D eigenvalue weighted by atomic mass is 16.3. The summed E-state index contributed by atoms with van der Waals surface area (Å²) in [5, 5.41) is 6.98. The number of benzene rings is 6. The molecule has 9 aromatic rings. The van der Waals surface area contributed by atoms with E-state index in [4.69, 9.17) is 14.4 Å². The van der Waals surface area contributed by atoms with Gasteiger partial charge in [-0.25, -0.2) is 9.97 Å². The Morgan fingerprint density at radius 2 is 1.29 bits per heavy atom. The molecule has 3 aromatic heterocycles. The third-order valence-corrected chi connectivity index (χ3v) is 9.75. The number of rotatable bonds is 2. The molecule has 0 amide bonds. The molecule has 0 unspecified atom stereocenters. The summed E-state index contributed by atoms with van der Waals surface area (Å²) in [6.45, 7) is 4.66. The fourth-order valence-corrected chi connectivity index (χ4v) is 7.86. The summed E-state index contributed by atoms with van der Waals surface area (Å²) >= 11 is 0. The quantitative estimate of drug-likeness (QED) is 0.205. The molecule has 0 bridgehead atoms. The summed E-state index contributed by atoms with van der Waals surface area (Å²) in [7, 11) is 0. The molecule has 0 fully saturated rings. The van der Waals surface area contributed by atoms with Gasteiger partial charge in [0.2, 0.25) is 5.95 Å². The summed E-state index contributed by atoms with van der Waals surface area (Å²) < 4.78 is 9.26. The normalized spacial score (nSPS) is 13.7. The molecule has 0 radical (unpaired) electrons. The highest BCUT2D eigenvalue weighted by molar-refractivity contribution is 6.19. The molecule has 212 valence electrons. The lowest BCUT2D eigenvalue weighted by Crippen LogP contribution is -2.15. The van der Waals surface area contributed by atoms with E-state index in [9.17, 15) is 0 Å². The standard InChI is InChI=1S/C41H27N3O/c1-41(2)34-26-15-7-6-12-24(26)20-21-30(34)38-35(41)31-23-22-28-27-16-9-11-19-33(27)44(37(28)39(31)45-38)40-42-32-18-10-8-17-29(32)36(43-40)25-13-4-3-5-14-25/h3-23H,1-2H3. The van der Waals surface area contributed by atoms with Crippen molar-refractivity contribution in [2.24, 2.45) is 0 Å². The summed E-state index contributed by atoms with van der Waals surface area (Å²) in [6.07, 6.45) is 0. The van der Waals surface area contributed by atoms with Crippen LogP contribution in [0.25, 0.3) is 83.0 Å². The Bertz CT molecular complexity index is 2680. The largest absolute Gasteiger partial charge is 0.453 e. The number of nitrogens with zero attached hydrogens (tertiary/aromatic N) is 3. The van der Waals surface area contributed by atoms with Crippen LogP contribution in [0, 0.1) is 0 Å². The number of para-hydroxylation sites is 2. The van der Waals surface area contributed by atoms with Crippen LogP contribution in [0.3, 0.4) is 0 Å². The van der Waals surface area contributed by atoms with Crippen molar-refractivity contribution in [2.75, 3.05) is 0 Å². The molecular weight excluding hydrogens is 550 g/mol. The maximum absolute atomic E-state index is 7.05. The third kappa shape index (κ3) is 3.21. The van der Waals surface area contributed by atoms with Gasteiger partial charge in [-0.05, 0) is 28.5 Å². The minimum atomic E-state index is -0.235. The van der Waals surface area contributed by atoms with Gasteiger partial charge in [-0.1, -0.05) is 129 Å². The van der Waals surface area contributed by atoms with E-state index in [2.05, 4.69) is 134 Å². The molecule has 10 rings (SSSR count). The maximum Gasteiger partial charge on any atom is 0.235 e. The van der Waals surface area contributed by atoms with Crippen molar-refractivity contribution in [3.05, 3.63) is 139 Å². The zero-order valence-corrected chi connectivity index (χ0v) is 24.9. The first-order valence-electron chi connectivity index (χ1n) is 15.4. The van der Waals surface area contributed by atoms with Crippen molar-refractivity contribution < 1.29 is 4.42 Å². The highest BCUT2D eigenvalue weighted by Gasteiger charge is 2.42. The molecule has 0 N–H and O–H groups in total. The molecule has 1 aliphatic rings. The number of fused-ring (bicyclic) bond motifs is 12. The van der Waals surface area contributed by atoms with E-state index in [1.165, 1.54) is 27.5 Å². The van der Waals surface area contributed by atoms with Crippen molar-refractivity contribution in [3.8, 4) is 28.5 Å². The Morgan fingerprint density at radius 3 is 2.16 bits per heavy atom. The van der Waals surface area contributed by atoms with Crippen molar-refractivity contribution in [2.45, 2.75) is 19.3 Å². The molecule has 0 saturated carbocycles. The van der Waals surface area contributed by atoms with Gasteiger partial charge in [0.25, 0.3) is 0 Å². The number of hydrogen-bond donors (Lipinski definition) is 0. The Balaban J connectivity index is 1.34. The molecular formula is C41H27N3O. The van der Waals surface area contributed by atoms with E-state index < -0.39 is 0 Å². The zero-order valence-electron chi connectivity index (χ0n) is 24.9. The summed E-state index contributed by atoms with van der Waals surface area (Å²) in [5.74, 6) is 1.60. The number of hydrogen-bond acceptors (Lipinski definition) is 3. The minimum absolute atomic E-state index is 0.235. The maximum atomic E-state index is 7.05. The molecule has 0 atom stereocenters. The topological polar surface area (TPSA) is 43.9 Å². The Hall–Kier alpha value is -5.74. The summed E-state index contributed by atoms with van der Waals surface area (Å²) in [4.78, 5) is 10.5. The van der Waals surface area contributed by atoms with Gasteiger partial charge in [0.05, 0.1) is 16.7 Å². The van der Waals surface area contributed by atoms with Crippen LogP contribution in [0.1, 0.15) is 25.0 Å². The van der Waals surface area contributed by atoms with Crippen LogP contribution in [0.2, 0.25) is 0 Å². The van der Waals surface area contributed by atoms with Crippen molar-refractivity contribution >= 4 is 54.5 Å². The Morgan fingerprint density at radius 1 is 0.578 bits per heavy atom. The van der Waals surface area contributed by atoms with E-state index in [1.54, 1.807) is 0 Å². The lowest BCUT2D eigenvalue weighted by Gasteiger charge is -2.22. The fraction of sp³-hybridized carbons (Fsp3) is 0.0732. The molecule has 0 spiro atoms. The lowest BCUT2D eigenvalue weighted by atomic mass is 9.79. The van der Waals surface area contributed by atoms with E-state index >= 15 is 0 Å². The van der Waals surface area contributed by atoms with Gasteiger partial charge in [-0.3, -0.25) is 4.57 Å². The van der Waals surface area contributed by atoms with Gasteiger partial charge in [0.15, 0.2) is 5.58 Å². The van der Waals surface area contributed by atoms with Crippen molar-refractivity contribution in [3.63, 3.8) is 0 Å². The van der Waals surface area contributed by atoms with E-state index in [0.717, 1.165) is 60.7 Å². The minimum Gasteiger partial charge on any atom is -0.453 e. The second kappa shape index (κ2) is 8.67. The number of aromatic nitrogens is 3. The van der Waals surface area contributed by atoms with Crippen molar-refractivity contribution in [1.29, 1.82) is 0 Å². The average molecular weight is 578 g/mol. The van der Waals surface area contributed by atoms with Crippen LogP contribution < -0.4 is 0 Å². The Kier molecular flexibility index (Phi) is 4.76. The molecule has 6 aromatic carbocycles. The van der Waals surface area contributed by atoms with Gasteiger partial charge in [0, 0.05) is 43.7 Å². The SMILES string of the molecule is CC1(C)c2c(ccc3ccccc23)-c2oc3c(ccc4c5ccccc5n(-c5nc(-c6ccccc6)c6ccccc6n5)c43)c21. The molecule has 0 aliphatic heterocycles. The monoisotopic (exact) mass is 577 g/mol. The zero-order chi connectivity index (χ0) is 29.9. The van der Waals surface area contributed by atoms with Gasteiger partial charge in [-0.2, -0.15) is 0 Å². The van der Waals surface area contributed by atoms with Crippen molar-refractivity contribution in [1.82, 2.24) is 14.5 Å². The molecule has 4 nitrogen and oxygen atoms in total. The van der Waals surface area contributed by atoms with Crippen LogP contribution >= 0.6 is 0 Å². The second-order valence-corrected chi connectivity index (χ2v) is 12.6. The van der Waals surface area contributed by atoms with Gasteiger partial charge in [0.1, 0.15) is 11.3 Å². The van der Waals surface area contributed by atoms with Crippen LogP contribution in [0.15, 0.2) is 132 Å². The molecule has 4 heteroatoms. The molecule has 3 heterocycles. The van der Waals surface area contributed by atoms with Crippen LogP contribution in [-0.4, -0.2) is 14.5 Å². The second-order valence-electron chi connectivity index (χ2n) is 12.6. The first-order valence-corrected chi connectivity index (χ1v) is 15.4. The predicted molar refractivity (Wildman–Crippen MR) is 184 cm³/mol. The average Bonchev–Trinajstić information content (AvgIpc) is 3.71. The van der Waals surface area contributed by atoms with E-state index in [0.29, 0.717) is 5.95 Å². The third-order valence-electron chi connectivity index (χ3n) is 9.75. The van der Waals surface area contributed by atoms with Gasteiger partial charge < -0.3 is 4.42 Å². The van der Waals surface area contributed by atoms with Gasteiger partial charge in [-0.15, -0.1) is 0 Å². The molecule has 0 saturated heterocycles. The van der Waals surface area contributed by atoms with E-state index in [-0.39, 0.29) is 5.41 Å². The summed E-state index contributed by atoms with van der Waals surface area (Å²) in [5.41, 5.74) is 9.32. The van der Waals surface area contributed by atoms with E-state index in [1.807, 2.05) is 12.1 Å². The summed E-state index contributed by atoms with van der Waals surface area (Å²) in [6, 6.07) is 44.8. The van der Waals surface area contributed by atoms with Crippen LogP contribution in [-0.2, 0) is 5.41 Å². The molecule has 1 aliphatic carbocycles.